The van der Waals surface area contributed by atoms with Gasteiger partial charge in [-0.1, -0.05) is 173 Å². The van der Waals surface area contributed by atoms with E-state index in [2.05, 4.69) is 212 Å². The van der Waals surface area contributed by atoms with Gasteiger partial charge in [-0.25, -0.2) is 21.6 Å². The highest BCUT2D eigenvalue weighted by Gasteiger charge is 2.47. The highest BCUT2D eigenvalue weighted by atomic mass is 32.2. The normalized spacial score (nSPS) is 18.3. The SMILES string of the molecule is CC1(C)C(/C=C/C2=C(SCCC(=O)NCCOCCN)C(=C/C=C3/N(CCCCS(=O)(=O)[O-])c4ccccc4C3(C)C)/CCC2)=[N+](CCCCS(=O)(=O)[O-])c2ccccc21.CC1(C)C(/C=C/C2=C(SCCC(=O)NCCOCCNC(=O)OCC3c4ccccc4-c4ccccc43)C(=C/C=C3/N(CCCCS(=O)(=O)O)c4ccccc4C3(C)C)/CCC2)=[N+](CCCCS(=O)(=O)O)c2ccccc21. The first-order chi connectivity index (χ1) is 65.3. The van der Waals surface area contributed by atoms with Gasteiger partial charge in [-0.3, -0.25) is 18.7 Å². The average Bonchev–Trinajstić information content (AvgIpc) is 1.59. The standard InChI is InChI=1S/C60H72N4O10S3.C45H62N4O8S3/c1-59(2)50-24-9-11-26-52(50)63(35-13-15-40-76(67,68)69)54(59)30-28-43-18-17-19-44(29-31-55-60(3,4)51-25-10-12-27-53(51)64(55)36-14-16-41-77(70,71)72)57(43)75-39-32-56(65)61-33-37-73-38-34-62-58(66)74-42-49-47-22-7-5-20-45(47)46-21-6-8-23-48(46)49;1-44(2)36-16-5-7-18-38(36)48(27-9-11-32-59(51,52)53)40(44)22-20-34-14-13-15-35(43(34)58-31-24-42(50)47-26-30-57-29-25-46)21-23-41-45(3,4)37-17-6-8-19-39(37)49(41)28-10-12-33-60(54,55)56/h5-12,20-31,49H,13-19,32-42H2,1-4H3,(H3-,61,62,65,66,67,68,69,70,71,72);5-8,16-23H,9-15,24-33,46H2,1-4H3,(H2-,47,50,51,52,53,54,55,56). The third-order valence-electron chi connectivity index (χ3n) is 26.4. The van der Waals surface area contributed by atoms with Gasteiger partial charge in [0.2, 0.25) is 23.2 Å². The highest BCUT2D eigenvalue weighted by molar-refractivity contribution is 8.03. The molecule has 6 aromatic rings. The zero-order valence-corrected chi connectivity index (χ0v) is 84.9. The summed E-state index contributed by atoms with van der Waals surface area (Å²) in [5.74, 6) is -0.423. The Balaban J connectivity index is 0.000000254. The van der Waals surface area contributed by atoms with E-state index >= 15 is 0 Å². The van der Waals surface area contributed by atoms with Gasteiger partial charge in [0.1, 0.15) is 19.7 Å². The molecule has 3 amide bonds. The molecule has 0 fully saturated rings. The van der Waals surface area contributed by atoms with Crippen LogP contribution in [-0.2, 0) is 85.9 Å². The number of unbranched alkanes of at least 4 members (excludes halogenated alkanes) is 4. The number of allylic oxidation sites excluding steroid dienone is 14. The van der Waals surface area contributed by atoms with Crippen molar-refractivity contribution in [1.82, 2.24) is 16.0 Å². The molecule has 7 aliphatic rings. The van der Waals surface area contributed by atoms with Crippen molar-refractivity contribution < 1.29 is 89.6 Å². The van der Waals surface area contributed by atoms with Gasteiger partial charge in [-0.05, 0) is 185 Å². The first kappa shape index (κ1) is 106. The summed E-state index contributed by atoms with van der Waals surface area (Å²) in [4.78, 5) is 45.6. The third-order valence-corrected chi connectivity index (χ3v) is 32.1. The molecule has 4 aliphatic heterocycles. The second kappa shape index (κ2) is 48.2. The second-order valence-corrected chi connectivity index (χ2v) is 46.0. The zero-order valence-electron chi connectivity index (χ0n) is 80.0. The summed E-state index contributed by atoms with van der Waals surface area (Å²) < 4.78 is 155. The second-order valence-electron chi connectivity index (χ2n) is 37.6. The van der Waals surface area contributed by atoms with Crippen molar-refractivity contribution in [2.24, 2.45) is 5.73 Å². The first-order valence-electron chi connectivity index (χ1n) is 47.7. The fraction of sp³-hybridized carbons (Fsp3) is 0.457. The lowest BCUT2D eigenvalue weighted by atomic mass is 9.81. The molecule has 0 saturated heterocycles. The summed E-state index contributed by atoms with van der Waals surface area (Å²) in [5, 5.41) is 8.70. The lowest BCUT2D eigenvalue weighted by Gasteiger charge is -2.27. The van der Waals surface area contributed by atoms with Crippen LogP contribution < -0.4 is 31.5 Å². The molecule has 26 nitrogen and oxygen atoms in total. The molecule has 0 aromatic heterocycles. The Bertz CT molecular complexity index is 6140. The van der Waals surface area contributed by atoms with E-state index < -0.39 is 46.6 Å². The first-order valence-corrected chi connectivity index (χ1v) is 56.0. The van der Waals surface area contributed by atoms with E-state index in [0.29, 0.717) is 115 Å². The molecule has 0 unspecified atom stereocenters. The van der Waals surface area contributed by atoms with Crippen LogP contribution in [0.4, 0.5) is 27.5 Å². The summed E-state index contributed by atoms with van der Waals surface area (Å²) in [6.45, 7) is 22.9. The molecule has 32 heteroatoms. The predicted molar refractivity (Wildman–Crippen MR) is 547 cm³/mol. The number of carbonyl (C=O) groups excluding carboxylic acids is 3. The van der Waals surface area contributed by atoms with Crippen molar-refractivity contribution in [2.45, 2.75) is 186 Å². The summed E-state index contributed by atoms with van der Waals surface area (Å²) in [5.41, 5.74) is 26.8. The van der Waals surface area contributed by atoms with Crippen LogP contribution in [0.2, 0.25) is 0 Å². The summed E-state index contributed by atoms with van der Waals surface area (Å²) in [7, 11) is -16.7. The maximum atomic E-state index is 13.3. The van der Waals surface area contributed by atoms with Gasteiger partial charge in [0, 0.05) is 173 Å². The number of hydrogen-bond acceptors (Lipinski definition) is 21. The minimum Gasteiger partial charge on any atom is -0.748 e. The number of carbonyl (C=O) groups is 3. The van der Waals surface area contributed by atoms with E-state index in [4.69, 9.17) is 19.9 Å². The van der Waals surface area contributed by atoms with Crippen LogP contribution in [0, 0.1) is 0 Å². The van der Waals surface area contributed by atoms with Crippen LogP contribution in [0.25, 0.3) is 11.1 Å². The fourth-order valence-electron chi connectivity index (χ4n) is 19.6. The Morgan fingerprint density at radius 2 is 0.839 bits per heavy atom. The number of nitrogens with one attached hydrogen (secondary N) is 3. The topological polar surface area (TPSA) is 377 Å². The number of benzene rings is 6. The largest absolute Gasteiger partial charge is 0.748 e. The van der Waals surface area contributed by atoms with Crippen molar-refractivity contribution in [1.29, 1.82) is 0 Å². The molecule has 738 valence electrons. The van der Waals surface area contributed by atoms with Gasteiger partial charge >= 0.3 is 6.09 Å². The summed E-state index contributed by atoms with van der Waals surface area (Å²) in [6.07, 6.45) is 26.4. The molecular weight excluding hydrogens is 1850 g/mol. The van der Waals surface area contributed by atoms with E-state index in [1.54, 1.807) is 23.5 Å². The van der Waals surface area contributed by atoms with Crippen molar-refractivity contribution in [3.05, 3.63) is 271 Å². The van der Waals surface area contributed by atoms with E-state index in [0.717, 1.165) is 116 Å². The summed E-state index contributed by atoms with van der Waals surface area (Å²) >= 11 is 3.35. The number of hydrogen-bond donors (Lipinski definition) is 6. The molecule has 7 N–H and O–H groups in total. The molecule has 3 aliphatic carbocycles. The number of rotatable bonds is 47. The van der Waals surface area contributed by atoms with Crippen molar-refractivity contribution in [2.75, 3.05) is 130 Å². The van der Waals surface area contributed by atoms with Crippen molar-refractivity contribution in [3.8, 4) is 11.1 Å². The Morgan fingerprint density at radius 3 is 1.27 bits per heavy atom. The van der Waals surface area contributed by atoms with Gasteiger partial charge in [0.05, 0.1) is 69.0 Å². The molecule has 0 radical (unpaired) electrons. The quantitative estimate of drug-likeness (QED) is 0.0117. The number of para-hydroxylation sites is 4. The minimum absolute atomic E-state index is 0.0275. The number of nitrogens with two attached hydrogens (primary N) is 1. The predicted octanol–water partition coefficient (Wildman–Crippen LogP) is 17.3. The van der Waals surface area contributed by atoms with Crippen LogP contribution in [0.5, 0.6) is 0 Å². The average molecular weight is 1990 g/mol. The third kappa shape index (κ3) is 28.5. The maximum absolute atomic E-state index is 13.3. The van der Waals surface area contributed by atoms with E-state index in [1.807, 2.05) is 72.8 Å². The van der Waals surface area contributed by atoms with Gasteiger partial charge in [0.15, 0.2) is 11.4 Å². The Hall–Kier alpha value is -9.39. The smallest absolute Gasteiger partial charge is 0.407 e. The van der Waals surface area contributed by atoms with E-state index in [9.17, 15) is 66.3 Å². The molecule has 0 spiro atoms. The Morgan fingerprint density at radius 1 is 0.460 bits per heavy atom. The van der Waals surface area contributed by atoms with Crippen LogP contribution in [-0.4, -0.2) is 210 Å². The van der Waals surface area contributed by atoms with Crippen LogP contribution in [0.15, 0.2) is 238 Å². The minimum atomic E-state index is -4.29. The van der Waals surface area contributed by atoms with Crippen LogP contribution in [0.3, 0.4) is 0 Å². The number of anilines is 2. The maximum Gasteiger partial charge on any atom is 0.407 e. The van der Waals surface area contributed by atoms with Gasteiger partial charge < -0.3 is 54.8 Å². The lowest BCUT2D eigenvalue weighted by molar-refractivity contribution is -0.438. The van der Waals surface area contributed by atoms with Gasteiger partial charge in [0.25, 0.3) is 20.2 Å². The molecule has 6 aromatic carbocycles. The number of alkyl carbamates (subject to hydrolysis) is 1. The molecular formula is C105H134N8O18S6. The number of amides is 3. The van der Waals surface area contributed by atoms with E-state index in [-0.39, 0.29) is 108 Å². The Labute approximate surface area is 819 Å². The molecule has 4 heterocycles. The van der Waals surface area contributed by atoms with Crippen LogP contribution in [0.1, 0.15) is 197 Å². The van der Waals surface area contributed by atoms with Gasteiger partial charge in [-0.15, -0.1) is 23.5 Å². The molecule has 0 atom stereocenters. The van der Waals surface area contributed by atoms with Crippen molar-refractivity contribution >= 4 is 116 Å². The molecule has 0 saturated carbocycles. The number of nitrogens with zero attached hydrogens (tertiary/aromatic N) is 4. The highest BCUT2D eigenvalue weighted by Crippen LogP contribution is 2.52. The number of ether oxygens (including phenoxy) is 3. The summed E-state index contributed by atoms with van der Waals surface area (Å²) in [6, 6.07) is 49.5. The molecule has 13 rings (SSSR count). The molecule has 0 bridgehead atoms. The zero-order chi connectivity index (χ0) is 98.4. The van der Waals surface area contributed by atoms with E-state index in [1.165, 1.54) is 44.5 Å². The van der Waals surface area contributed by atoms with Crippen LogP contribution >= 0.6 is 23.5 Å². The van der Waals surface area contributed by atoms with Crippen molar-refractivity contribution in [3.63, 3.8) is 0 Å². The Kier molecular flexibility index (Phi) is 37.4. The molecule has 137 heavy (non-hydrogen) atoms. The lowest BCUT2D eigenvalue weighted by Crippen LogP contribution is -2.31. The monoisotopic (exact) mass is 1990 g/mol. The number of fused-ring (bicyclic) bond motifs is 7. The number of thioether (sulfide) groups is 2. The van der Waals surface area contributed by atoms with Gasteiger partial charge in [-0.2, -0.15) is 26.0 Å². The fourth-order valence-corrected chi connectivity index (χ4v) is 24.3.